The minimum Gasteiger partial charge on any atom is -0.461 e. The minimum atomic E-state index is -0.694. The van der Waals surface area contributed by atoms with Crippen molar-refractivity contribution in [1.29, 1.82) is 0 Å². The molecule has 0 unspecified atom stereocenters. The Hall–Kier alpha value is -1.04. The molecule has 1 amide bonds. The second-order valence-electron chi connectivity index (χ2n) is 4.64. The zero-order chi connectivity index (χ0) is 14.2. The standard InChI is InChI=1S/C12H20BrNO4/c1-5-6-7-17-10(15)9(8-13)14-11(16)18-12(2,3)4/h8H,5-7H2,1-4H3,(H,14,16)/b9-8-. The number of amides is 1. The number of unbranched alkanes of at least 4 members (excludes halogenated alkanes) is 1. The molecule has 104 valence electrons. The van der Waals surface area contributed by atoms with E-state index in [0.29, 0.717) is 6.61 Å². The zero-order valence-electron chi connectivity index (χ0n) is 11.2. The second-order valence-corrected chi connectivity index (χ2v) is 5.10. The highest BCUT2D eigenvalue weighted by Crippen LogP contribution is 2.08. The highest BCUT2D eigenvalue weighted by Gasteiger charge is 2.19. The van der Waals surface area contributed by atoms with Gasteiger partial charge in [0.05, 0.1) is 6.61 Å². The maximum Gasteiger partial charge on any atom is 0.412 e. The van der Waals surface area contributed by atoms with Crippen LogP contribution in [-0.2, 0) is 14.3 Å². The fourth-order valence-corrected chi connectivity index (χ4v) is 1.22. The minimum absolute atomic E-state index is 0.0142. The van der Waals surface area contributed by atoms with Gasteiger partial charge in [-0.25, -0.2) is 9.59 Å². The molecule has 6 heteroatoms. The van der Waals surface area contributed by atoms with Gasteiger partial charge in [-0.05, 0) is 27.2 Å². The molecule has 0 heterocycles. The lowest BCUT2D eigenvalue weighted by molar-refractivity contribution is -0.139. The van der Waals surface area contributed by atoms with Crippen molar-refractivity contribution in [1.82, 2.24) is 5.32 Å². The van der Waals surface area contributed by atoms with Gasteiger partial charge in [0, 0.05) is 4.99 Å². The van der Waals surface area contributed by atoms with Gasteiger partial charge in [-0.2, -0.15) is 0 Å². The number of ether oxygens (including phenoxy) is 2. The van der Waals surface area contributed by atoms with E-state index in [9.17, 15) is 9.59 Å². The maximum absolute atomic E-state index is 11.6. The van der Waals surface area contributed by atoms with Crippen molar-refractivity contribution in [2.75, 3.05) is 6.61 Å². The molecule has 0 fully saturated rings. The summed E-state index contributed by atoms with van der Waals surface area (Å²) in [6.07, 6.45) is 1.02. The van der Waals surface area contributed by atoms with Gasteiger partial charge in [-0.1, -0.05) is 29.3 Å². The van der Waals surface area contributed by atoms with E-state index < -0.39 is 17.7 Å². The van der Waals surface area contributed by atoms with Gasteiger partial charge < -0.3 is 9.47 Å². The third kappa shape index (κ3) is 8.11. The first kappa shape index (κ1) is 17.0. The third-order valence-electron chi connectivity index (χ3n) is 1.70. The van der Waals surface area contributed by atoms with E-state index >= 15 is 0 Å². The molecule has 0 aliphatic carbocycles. The number of alkyl carbamates (subject to hydrolysis) is 1. The molecule has 0 atom stereocenters. The molecule has 0 saturated carbocycles. The van der Waals surface area contributed by atoms with Crippen LogP contribution in [0.2, 0.25) is 0 Å². The number of carbonyl (C=O) groups excluding carboxylic acids is 2. The van der Waals surface area contributed by atoms with E-state index in [1.165, 1.54) is 4.99 Å². The summed E-state index contributed by atoms with van der Waals surface area (Å²) in [6.45, 7) is 7.54. The third-order valence-corrected chi connectivity index (χ3v) is 2.15. The van der Waals surface area contributed by atoms with Crippen LogP contribution in [0.3, 0.4) is 0 Å². The molecule has 0 saturated heterocycles. The van der Waals surface area contributed by atoms with Crippen molar-refractivity contribution in [2.45, 2.75) is 46.1 Å². The van der Waals surface area contributed by atoms with E-state index in [-0.39, 0.29) is 5.70 Å². The van der Waals surface area contributed by atoms with Crippen LogP contribution in [0, 0.1) is 0 Å². The van der Waals surface area contributed by atoms with E-state index in [4.69, 9.17) is 9.47 Å². The largest absolute Gasteiger partial charge is 0.461 e. The van der Waals surface area contributed by atoms with Crippen LogP contribution in [0.4, 0.5) is 4.79 Å². The number of nitrogens with one attached hydrogen (secondary N) is 1. The van der Waals surface area contributed by atoms with Crippen molar-refractivity contribution in [3.63, 3.8) is 0 Å². The molecule has 1 N–H and O–H groups in total. The van der Waals surface area contributed by atoms with Crippen LogP contribution >= 0.6 is 15.9 Å². The molecular weight excluding hydrogens is 302 g/mol. The highest BCUT2D eigenvalue weighted by molar-refractivity contribution is 9.11. The van der Waals surface area contributed by atoms with E-state index in [2.05, 4.69) is 21.2 Å². The van der Waals surface area contributed by atoms with Crippen molar-refractivity contribution < 1.29 is 19.1 Å². The smallest absolute Gasteiger partial charge is 0.412 e. The molecule has 0 aliphatic rings. The van der Waals surface area contributed by atoms with Crippen molar-refractivity contribution >= 4 is 28.0 Å². The van der Waals surface area contributed by atoms with E-state index in [1.54, 1.807) is 20.8 Å². The number of esters is 1. The van der Waals surface area contributed by atoms with Crippen molar-refractivity contribution in [3.8, 4) is 0 Å². The summed E-state index contributed by atoms with van der Waals surface area (Å²) in [5.41, 5.74) is -0.603. The van der Waals surface area contributed by atoms with Crippen LogP contribution in [0.25, 0.3) is 0 Å². The Morgan fingerprint density at radius 2 is 1.94 bits per heavy atom. The lowest BCUT2D eigenvalue weighted by Gasteiger charge is -2.20. The topological polar surface area (TPSA) is 64.6 Å². The zero-order valence-corrected chi connectivity index (χ0v) is 12.8. The van der Waals surface area contributed by atoms with Gasteiger partial charge >= 0.3 is 12.1 Å². The van der Waals surface area contributed by atoms with Crippen LogP contribution in [-0.4, -0.2) is 24.3 Å². The first-order valence-corrected chi connectivity index (χ1v) is 6.69. The molecule has 0 rings (SSSR count). The molecule has 0 radical (unpaired) electrons. The highest BCUT2D eigenvalue weighted by atomic mass is 79.9. The van der Waals surface area contributed by atoms with Crippen molar-refractivity contribution in [3.05, 3.63) is 10.7 Å². The number of hydrogen-bond donors (Lipinski definition) is 1. The molecule has 0 aromatic heterocycles. The van der Waals surface area contributed by atoms with Crippen molar-refractivity contribution in [2.24, 2.45) is 0 Å². The fraction of sp³-hybridized carbons (Fsp3) is 0.667. The molecule has 0 aromatic carbocycles. The van der Waals surface area contributed by atoms with Crippen LogP contribution < -0.4 is 5.32 Å². The second kappa shape index (κ2) is 8.13. The summed E-state index contributed by atoms with van der Waals surface area (Å²) in [5, 5.41) is 2.33. The Morgan fingerprint density at radius 3 is 2.39 bits per heavy atom. The Kier molecular flexibility index (Phi) is 7.66. The van der Waals surface area contributed by atoms with Gasteiger partial charge in [0.1, 0.15) is 11.3 Å². The molecule has 5 nitrogen and oxygen atoms in total. The van der Waals surface area contributed by atoms with Gasteiger partial charge in [0.15, 0.2) is 0 Å². The van der Waals surface area contributed by atoms with Gasteiger partial charge in [-0.15, -0.1) is 0 Å². The predicted molar refractivity (Wildman–Crippen MR) is 72.2 cm³/mol. The average molecular weight is 322 g/mol. The first-order chi connectivity index (χ1) is 8.30. The average Bonchev–Trinajstić information content (AvgIpc) is 2.23. The number of rotatable bonds is 5. The molecule has 0 aliphatic heterocycles. The Balaban J connectivity index is 4.27. The summed E-state index contributed by atoms with van der Waals surface area (Å²) in [4.78, 5) is 24.3. The lowest BCUT2D eigenvalue weighted by atomic mass is 10.2. The molecule has 0 bridgehead atoms. The van der Waals surface area contributed by atoms with Crippen LogP contribution in [0.15, 0.2) is 10.7 Å². The first-order valence-electron chi connectivity index (χ1n) is 5.77. The number of hydrogen-bond acceptors (Lipinski definition) is 4. The van der Waals surface area contributed by atoms with Crippen LogP contribution in [0.1, 0.15) is 40.5 Å². The fourth-order valence-electron chi connectivity index (χ4n) is 0.923. The monoisotopic (exact) mass is 321 g/mol. The quantitative estimate of drug-likeness (QED) is 0.480. The molecular formula is C12H20BrNO4. The Bertz CT molecular complexity index is 321. The summed E-state index contributed by atoms with van der Waals surface area (Å²) < 4.78 is 9.99. The van der Waals surface area contributed by atoms with Crippen LogP contribution in [0.5, 0.6) is 0 Å². The maximum atomic E-state index is 11.6. The number of carbonyl (C=O) groups is 2. The Labute approximate surface area is 116 Å². The number of halogens is 1. The van der Waals surface area contributed by atoms with Gasteiger partial charge in [0.25, 0.3) is 0 Å². The van der Waals surface area contributed by atoms with Gasteiger partial charge in [-0.3, -0.25) is 5.32 Å². The molecule has 0 aromatic rings. The van der Waals surface area contributed by atoms with E-state index in [0.717, 1.165) is 12.8 Å². The molecule has 0 spiro atoms. The summed E-state index contributed by atoms with van der Waals surface area (Å²) >= 11 is 3.00. The summed E-state index contributed by atoms with van der Waals surface area (Å²) in [6, 6.07) is 0. The lowest BCUT2D eigenvalue weighted by Crippen LogP contribution is -2.34. The Morgan fingerprint density at radius 1 is 1.33 bits per heavy atom. The summed E-state index contributed by atoms with van der Waals surface area (Å²) in [7, 11) is 0. The normalized spacial score (nSPS) is 11.9. The predicted octanol–water partition coefficient (Wildman–Crippen LogP) is 3.09. The van der Waals surface area contributed by atoms with Gasteiger partial charge in [0.2, 0.25) is 0 Å². The van der Waals surface area contributed by atoms with E-state index in [1.807, 2.05) is 6.92 Å². The molecule has 18 heavy (non-hydrogen) atoms. The SMILES string of the molecule is CCCCOC(=O)/C(=C/Br)NC(=O)OC(C)(C)C. The summed E-state index contributed by atoms with van der Waals surface area (Å²) in [5.74, 6) is -0.591.